The number of carboxylic acids is 1. The van der Waals surface area contributed by atoms with Crippen LogP contribution in [-0.4, -0.2) is 35.2 Å². The van der Waals surface area contributed by atoms with Crippen molar-refractivity contribution in [3.63, 3.8) is 0 Å². The monoisotopic (exact) mass is 357 g/mol. The molecule has 1 fully saturated rings. The van der Waals surface area contributed by atoms with Crippen molar-refractivity contribution in [3.05, 3.63) is 20.8 Å². The maximum Gasteiger partial charge on any atom is 0.393 e. The Labute approximate surface area is 120 Å². The van der Waals surface area contributed by atoms with E-state index < -0.39 is 24.0 Å². The third-order valence-corrected chi connectivity index (χ3v) is 5.05. The van der Waals surface area contributed by atoms with Gasteiger partial charge in [0.15, 0.2) is 0 Å². The molecule has 8 heteroatoms. The third-order valence-electron chi connectivity index (χ3n) is 3.22. The fraction of sp³-hybridized carbons (Fsp3) is 0.545. The molecule has 0 unspecified atom stereocenters. The molecular formula is C11H11BrF3NO2S. The molecule has 0 aromatic carbocycles. The van der Waals surface area contributed by atoms with Crippen LogP contribution < -0.4 is 0 Å². The van der Waals surface area contributed by atoms with Crippen molar-refractivity contribution in [1.82, 2.24) is 4.90 Å². The van der Waals surface area contributed by atoms with Crippen molar-refractivity contribution in [2.24, 2.45) is 11.8 Å². The van der Waals surface area contributed by atoms with Crippen molar-refractivity contribution >= 4 is 33.2 Å². The zero-order valence-corrected chi connectivity index (χ0v) is 12.1. The molecule has 2 atom stereocenters. The predicted molar refractivity (Wildman–Crippen MR) is 68.0 cm³/mol. The average molecular weight is 358 g/mol. The Kier molecular flexibility index (Phi) is 4.22. The topological polar surface area (TPSA) is 40.5 Å². The lowest BCUT2D eigenvalue weighted by Crippen LogP contribution is -2.33. The van der Waals surface area contributed by atoms with Crippen LogP contribution in [-0.2, 0) is 11.3 Å². The molecule has 1 aromatic heterocycles. The Balaban J connectivity index is 2.10. The van der Waals surface area contributed by atoms with Crippen LogP contribution in [0.25, 0.3) is 0 Å². The van der Waals surface area contributed by atoms with Gasteiger partial charge in [0, 0.05) is 29.5 Å². The summed E-state index contributed by atoms with van der Waals surface area (Å²) in [5.41, 5.74) is 0.886. The second kappa shape index (κ2) is 5.41. The fourth-order valence-electron chi connectivity index (χ4n) is 2.26. The molecule has 1 saturated heterocycles. The van der Waals surface area contributed by atoms with Gasteiger partial charge in [-0.25, -0.2) is 0 Å². The highest BCUT2D eigenvalue weighted by atomic mass is 79.9. The summed E-state index contributed by atoms with van der Waals surface area (Å²) in [5, 5.41) is 12.6. The maximum absolute atomic E-state index is 12.8. The molecule has 19 heavy (non-hydrogen) atoms. The second-order valence-corrected chi connectivity index (χ2v) is 6.13. The summed E-state index contributed by atoms with van der Waals surface area (Å²) < 4.78 is 39.3. The summed E-state index contributed by atoms with van der Waals surface area (Å²) in [7, 11) is 0. The molecule has 106 valence electrons. The van der Waals surface area contributed by atoms with Crippen molar-refractivity contribution in [1.29, 1.82) is 0 Å². The Morgan fingerprint density at radius 3 is 2.58 bits per heavy atom. The molecule has 3 nitrogen and oxygen atoms in total. The minimum atomic E-state index is -4.47. The van der Waals surface area contributed by atoms with Crippen molar-refractivity contribution in [2.45, 2.75) is 12.7 Å². The first kappa shape index (κ1) is 14.8. The van der Waals surface area contributed by atoms with Gasteiger partial charge in [0.05, 0.1) is 11.8 Å². The van der Waals surface area contributed by atoms with Crippen LogP contribution in [0.1, 0.15) is 5.56 Å². The number of hydrogen-bond acceptors (Lipinski definition) is 3. The zero-order valence-electron chi connectivity index (χ0n) is 9.65. The van der Waals surface area contributed by atoms with Gasteiger partial charge in [-0.15, -0.1) is 0 Å². The number of nitrogens with zero attached hydrogens (tertiary/aromatic N) is 1. The molecule has 1 aliphatic heterocycles. The van der Waals surface area contributed by atoms with E-state index in [0.29, 0.717) is 6.54 Å². The summed E-state index contributed by atoms with van der Waals surface area (Å²) in [6.07, 6.45) is -4.47. The van der Waals surface area contributed by atoms with E-state index in [2.05, 4.69) is 15.9 Å². The van der Waals surface area contributed by atoms with Gasteiger partial charge < -0.3 is 5.11 Å². The molecule has 2 rings (SSSR count). The SMILES string of the molecule is O=C(O)[C@@H]1CN(Cc2cscc2Br)C[C@H]1C(F)(F)F. The number of likely N-dealkylation sites (tertiary alicyclic amines) is 1. The largest absolute Gasteiger partial charge is 0.481 e. The van der Waals surface area contributed by atoms with E-state index in [-0.39, 0.29) is 13.1 Å². The normalized spacial score (nSPS) is 24.8. The van der Waals surface area contributed by atoms with Crippen LogP contribution in [0.15, 0.2) is 15.2 Å². The Bertz CT molecular complexity index is 477. The number of carboxylic acid groups (broad SMARTS) is 1. The molecule has 0 bridgehead atoms. The van der Waals surface area contributed by atoms with Gasteiger partial charge in [0.1, 0.15) is 0 Å². The smallest absolute Gasteiger partial charge is 0.393 e. The van der Waals surface area contributed by atoms with E-state index in [1.165, 1.54) is 11.3 Å². The fourth-order valence-corrected chi connectivity index (χ4v) is 3.68. The van der Waals surface area contributed by atoms with Gasteiger partial charge in [-0.05, 0) is 26.9 Å². The summed E-state index contributed by atoms with van der Waals surface area (Å²) in [6, 6.07) is 0. The number of rotatable bonds is 3. The van der Waals surface area contributed by atoms with E-state index in [1.54, 1.807) is 4.90 Å². The van der Waals surface area contributed by atoms with Gasteiger partial charge in [-0.3, -0.25) is 9.69 Å². The molecule has 0 radical (unpaired) electrons. The quantitative estimate of drug-likeness (QED) is 0.902. The number of halogens is 4. The van der Waals surface area contributed by atoms with E-state index in [4.69, 9.17) is 5.11 Å². The molecular weight excluding hydrogens is 347 g/mol. The number of thiophene rings is 1. The first-order valence-electron chi connectivity index (χ1n) is 5.51. The minimum absolute atomic E-state index is 0.0677. The van der Waals surface area contributed by atoms with E-state index in [9.17, 15) is 18.0 Å². The molecule has 0 amide bonds. The molecule has 1 aliphatic rings. The van der Waals surface area contributed by atoms with E-state index >= 15 is 0 Å². The van der Waals surface area contributed by atoms with Crippen LogP contribution in [0.5, 0.6) is 0 Å². The lowest BCUT2D eigenvalue weighted by Gasteiger charge is -2.18. The van der Waals surface area contributed by atoms with E-state index in [1.807, 2.05) is 10.8 Å². The lowest BCUT2D eigenvalue weighted by molar-refractivity contribution is -0.188. The molecule has 0 aliphatic carbocycles. The van der Waals surface area contributed by atoms with Crippen molar-refractivity contribution < 1.29 is 23.1 Å². The summed E-state index contributed by atoms with van der Waals surface area (Å²) in [6.45, 7) is 0.00495. The Morgan fingerprint density at radius 1 is 1.47 bits per heavy atom. The molecule has 2 heterocycles. The Hall–Kier alpha value is -0.600. The van der Waals surface area contributed by atoms with Gasteiger partial charge in [0.2, 0.25) is 0 Å². The molecule has 0 spiro atoms. The van der Waals surface area contributed by atoms with Gasteiger partial charge in [0.25, 0.3) is 0 Å². The van der Waals surface area contributed by atoms with Crippen molar-refractivity contribution in [2.75, 3.05) is 13.1 Å². The summed E-state index contributed by atoms with van der Waals surface area (Å²) in [5.74, 6) is -4.55. The minimum Gasteiger partial charge on any atom is -0.481 e. The van der Waals surface area contributed by atoms with Crippen LogP contribution in [0.2, 0.25) is 0 Å². The predicted octanol–water partition coefficient (Wildman–Crippen LogP) is 3.21. The van der Waals surface area contributed by atoms with Gasteiger partial charge in [-0.2, -0.15) is 24.5 Å². The van der Waals surface area contributed by atoms with Crippen LogP contribution >= 0.6 is 27.3 Å². The molecule has 1 aromatic rings. The van der Waals surface area contributed by atoms with Crippen molar-refractivity contribution in [3.8, 4) is 0 Å². The van der Waals surface area contributed by atoms with Gasteiger partial charge in [-0.1, -0.05) is 0 Å². The second-order valence-electron chi connectivity index (χ2n) is 4.53. The third kappa shape index (κ3) is 3.29. The van der Waals surface area contributed by atoms with Crippen LogP contribution in [0, 0.1) is 11.8 Å². The number of aliphatic carboxylic acids is 1. The first-order valence-corrected chi connectivity index (χ1v) is 7.25. The van der Waals surface area contributed by atoms with E-state index in [0.717, 1.165) is 10.0 Å². The Morgan fingerprint density at radius 2 is 2.16 bits per heavy atom. The average Bonchev–Trinajstić information content (AvgIpc) is 2.86. The maximum atomic E-state index is 12.8. The highest BCUT2D eigenvalue weighted by molar-refractivity contribution is 9.10. The standard InChI is InChI=1S/C11H11BrF3NO2S/c12-9-5-19-4-6(9)1-16-2-7(10(17)18)8(3-16)11(13,14)15/h4-5,7-8H,1-3H2,(H,17,18)/t7-,8-/m1/s1. The summed E-state index contributed by atoms with van der Waals surface area (Å²) >= 11 is 4.77. The number of alkyl halides is 3. The lowest BCUT2D eigenvalue weighted by atomic mass is 9.96. The zero-order chi connectivity index (χ0) is 14.2. The highest BCUT2D eigenvalue weighted by Crippen LogP contribution is 2.38. The molecule has 1 N–H and O–H groups in total. The first-order chi connectivity index (χ1) is 8.79. The van der Waals surface area contributed by atoms with Crippen LogP contribution in [0.3, 0.4) is 0 Å². The number of carbonyl (C=O) groups is 1. The van der Waals surface area contributed by atoms with Gasteiger partial charge >= 0.3 is 12.1 Å². The summed E-state index contributed by atoms with van der Waals surface area (Å²) in [4.78, 5) is 12.5. The number of hydrogen-bond donors (Lipinski definition) is 1. The van der Waals surface area contributed by atoms with Crippen LogP contribution in [0.4, 0.5) is 13.2 Å². The molecule has 0 saturated carbocycles. The highest BCUT2D eigenvalue weighted by Gasteiger charge is 2.52.